The number of hydrogen-bond acceptors (Lipinski definition) is 3. The van der Waals surface area contributed by atoms with Crippen LogP contribution in [0.25, 0.3) is 0 Å². The van der Waals surface area contributed by atoms with Crippen molar-refractivity contribution in [2.45, 2.75) is 42.4 Å². The summed E-state index contributed by atoms with van der Waals surface area (Å²) in [5, 5.41) is 2.23. The Morgan fingerprint density at radius 1 is 0.867 bits per heavy atom. The van der Waals surface area contributed by atoms with Gasteiger partial charge in [-0.1, -0.05) is 18.2 Å². The zero-order valence-corrected chi connectivity index (χ0v) is 16.5. The quantitative estimate of drug-likeness (QED) is 0.674. The van der Waals surface area contributed by atoms with Crippen LogP contribution < -0.4 is 5.32 Å². The van der Waals surface area contributed by atoms with Gasteiger partial charge >= 0.3 is 12.4 Å². The number of halogens is 6. The largest absolute Gasteiger partial charge is 0.416 e. The lowest BCUT2D eigenvalue weighted by molar-refractivity contribution is -0.138. The van der Waals surface area contributed by atoms with Gasteiger partial charge in [-0.05, 0) is 49.7 Å². The maximum Gasteiger partial charge on any atom is 0.416 e. The van der Waals surface area contributed by atoms with Crippen LogP contribution >= 0.6 is 0 Å². The smallest absolute Gasteiger partial charge is 0.351 e. The van der Waals surface area contributed by atoms with E-state index in [0.29, 0.717) is 12.1 Å². The van der Waals surface area contributed by atoms with Crippen LogP contribution in [0.5, 0.6) is 0 Å². The van der Waals surface area contributed by atoms with E-state index in [2.05, 4.69) is 5.32 Å². The predicted octanol–water partition coefficient (Wildman–Crippen LogP) is 4.59. The SMILES string of the molecule is CC(C)(C(=O)NCc1cccc(C(F)(F)F)c1)S(=O)(=O)c1cccc(C(F)(F)F)c1. The van der Waals surface area contributed by atoms with Crippen molar-refractivity contribution in [3.05, 3.63) is 65.2 Å². The third-order valence-electron chi connectivity index (χ3n) is 4.40. The minimum Gasteiger partial charge on any atom is -0.351 e. The summed E-state index contributed by atoms with van der Waals surface area (Å²) in [5.41, 5.74) is -2.06. The number of benzene rings is 2. The highest BCUT2D eigenvalue weighted by Crippen LogP contribution is 2.33. The Hall–Kier alpha value is -2.56. The van der Waals surface area contributed by atoms with E-state index in [1.165, 1.54) is 6.07 Å². The molecule has 0 unspecified atom stereocenters. The molecule has 30 heavy (non-hydrogen) atoms. The zero-order valence-electron chi connectivity index (χ0n) is 15.7. The fraction of sp³-hybridized carbons (Fsp3) is 0.316. The first-order chi connectivity index (χ1) is 13.6. The van der Waals surface area contributed by atoms with Crippen molar-refractivity contribution in [3.8, 4) is 0 Å². The monoisotopic (exact) mass is 453 g/mol. The van der Waals surface area contributed by atoms with E-state index < -0.39 is 55.4 Å². The molecule has 2 aromatic rings. The summed E-state index contributed by atoms with van der Waals surface area (Å²) < 4.78 is 100. The molecular formula is C19H17F6NO3S. The molecule has 2 rings (SSSR count). The van der Waals surface area contributed by atoms with Gasteiger partial charge in [-0.2, -0.15) is 26.3 Å². The summed E-state index contributed by atoms with van der Waals surface area (Å²) in [6, 6.07) is 7.05. The fourth-order valence-corrected chi connectivity index (χ4v) is 3.95. The number of hydrogen-bond donors (Lipinski definition) is 1. The Morgan fingerprint density at radius 2 is 1.37 bits per heavy atom. The number of carbonyl (C=O) groups is 1. The van der Waals surface area contributed by atoms with Crippen LogP contribution in [0.2, 0.25) is 0 Å². The third kappa shape index (κ3) is 4.94. The topological polar surface area (TPSA) is 63.2 Å². The Kier molecular flexibility index (Phi) is 6.27. The molecule has 0 radical (unpaired) electrons. The highest BCUT2D eigenvalue weighted by atomic mass is 32.2. The molecule has 0 aliphatic carbocycles. The van der Waals surface area contributed by atoms with Gasteiger partial charge in [-0.3, -0.25) is 4.79 Å². The molecule has 0 saturated heterocycles. The highest BCUT2D eigenvalue weighted by molar-refractivity contribution is 7.93. The molecule has 4 nitrogen and oxygen atoms in total. The molecule has 11 heteroatoms. The van der Waals surface area contributed by atoms with Crippen LogP contribution in [0.15, 0.2) is 53.4 Å². The summed E-state index contributed by atoms with van der Waals surface area (Å²) >= 11 is 0. The molecule has 0 bridgehead atoms. The van der Waals surface area contributed by atoms with Crippen molar-refractivity contribution in [3.63, 3.8) is 0 Å². The van der Waals surface area contributed by atoms with Gasteiger partial charge in [0, 0.05) is 6.54 Å². The van der Waals surface area contributed by atoms with E-state index in [4.69, 9.17) is 0 Å². The molecule has 2 aromatic carbocycles. The fourth-order valence-electron chi connectivity index (χ4n) is 2.51. The molecule has 0 saturated carbocycles. The third-order valence-corrected chi connectivity index (χ3v) is 6.80. The van der Waals surface area contributed by atoms with Crippen molar-refractivity contribution >= 4 is 15.7 Å². The molecule has 0 heterocycles. The molecule has 0 spiro atoms. The van der Waals surface area contributed by atoms with Gasteiger partial charge in [-0.25, -0.2) is 8.42 Å². The van der Waals surface area contributed by atoms with Gasteiger partial charge in [-0.15, -0.1) is 0 Å². The second-order valence-corrected chi connectivity index (χ2v) is 9.42. The molecular weight excluding hydrogens is 436 g/mol. The van der Waals surface area contributed by atoms with E-state index in [1.807, 2.05) is 0 Å². The van der Waals surface area contributed by atoms with Gasteiger partial charge in [0.1, 0.15) is 4.75 Å². The molecule has 0 aliphatic heterocycles. The van der Waals surface area contributed by atoms with E-state index in [1.54, 1.807) is 0 Å². The minimum atomic E-state index is -4.78. The molecule has 1 amide bonds. The Morgan fingerprint density at radius 3 is 1.90 bits per heavy atom. The summed E-state index contributed by atoms with van der Waals surface area (Å²) in [4.78, 5) is 11.8. The number of sulfone groups is 1. The summed E-state index contributed by atoms with van der Waals surface area (Å²) in [5.74, 6) is -1.07. The molecule has 0 atom stereocenters. The summed E-state index contributed by atoms with van der Waals surface area (Å²) in [6.45, 7) is 1.61. The molecule has 0 aromatic heterocycles. The van der Waals surface area contributed by atoms with Crippen LogP contribution in [-0.2, 0) is 33.5 Å². The van der Waals surface area contributed by atoms with Crippen molar-refractivity contribution in [1.82, 2.24) is 5.32 Å². The molecule has 0 fully saturated rings. The molecule has 164 valence electrons. The number of rotatable bonds is 5. The van der Waals surface area contributed by atoms with E-state index >= 15 is 0 Å². The van der Waals surface area contributed by atoms with Crippen molar-refractivity contribution < 1.29 is 39.6 Å². The second kappa shape index (κ2) is 7.93. The first kappa shape index (κ1) is 23.7. The Balaban J connectivity index is 2.25. The highest BCUT2D eigenvalue weighted by Gasteiger charge is 2.43. The Bertz CT molecular complexity index is 1040. The lowest BCUT2D eigenvalue weighted by Gasteiger charge is -2.24. The van der Waals surface area contributed by atoms with Crippen LogP contribution in [0.4, 0.5) is 26.3 Å². The van der Waals surface area contributed by atoms with Gasteiger partial charge in [0.15, 0.2) is 9.84 Å². The van der Waals surface area contributed by atoms with Crippen molar-refractivity contribution in [2.75, 3.05) is 0 Å². The lowest BCUT2D eigenvalue weighted by Crippen LogP contribution is -2.47. The summed E-state index contributed by atoms with van der Waals surface area (Å²) in [6.07, 6.45) is -9.37. The minimum absolute atomic E-state index is 0.0745. The standard InChI is InChI=1S/C19H17F6NO3S/c1-17(2,30(28,29)15-8-4-7-14(10-15)19(23,24)25)16(27)26-11-12-5-3-6-13(9-12)18(20,21)22/h3-10H,11H2,1-2H3,(H,26,27). The normalized spacial score (nSPS) is 13.2. The number of alkyl halides is 6. The van der Waals surface area contributed by atoms with Crippen molar-refractivity contribution in [2.24, 2.45) is 0 Å². The molecule has 1 N–H and O–H groups in total. The number of carbonyl (C=O) groups excluding carboxylic acids is 1. The van der Waals surface area contributed by atoms with Gasteiger partial charge < -0.3 is 5.32 Å². The summed E-state index contributed by atoms with van der Waals surface area (Å²) in [7, 11) is -4.55. The van der Waals surface area contributed by atoms with Gasteiger partial charge in [0.05, 0.1) is 16.0 Å². The first-order valence-corrected chi connectivity index (χ1v) is 9.91. The number of amides is 1. The van der Waals surface area contributed by atoms with E-state index in [9.17, 15) is 39.6 Å². The van der Waals surface area contributed by atoms with Gasteiger partial charge in [0.25, 0.3) is 0 Å². The average Bonchev–Trinajstić information content (AvgIpc) is 2.64. The molecule has 0 aliphatic rings. The van der Waals surface area contributed by atoms with Crippen LogP contribution in [0, 0.1) is 0 Å². The maximum atomic E-state index is 12.9. The Labute approximate surface area is 168 Å². The lowest BCUT2D eigenvalue weighted by atomic mass is 10.1. The van der Waals surface area contributed by atoms with Crippen LogP contribution in [0.3, 0.4) is 0 Å². The number of nitrogens with one attached hydrogen (secondary N) is 1. The second-order valence-electron chi connectivity index (χ2n) is 6.92. The zero-order chi connectivity index (χ0) is 23.0. The van der Waals surface area contributed by atoms with Crippen LogP contribution in [-0.4, -0.2) is 19.1 Å². The average molecular weight is 453 g/mol. The van der Waals surface area contributed by atoms with Gasteiger partial charge in [0.2, 0.25) is 5.91 Å². The predicted molar refractivity (Wildman–Crippen MR) is 96.0 cm³/mol. The van der Waals surface area contributed by atoms with Crippen molar-refractivity contribution in [1.29, 1.82) is 0 Å². The van der Waals surface area contributed by atoms with Crippen LogP contribution in [0.1, 0.15) is 30.5 Å². The van der Waals surface area contributed by atoms with E-state index in [0.717, 1.165) is 44.2 Å². The van der Waals surface area contributed by atoms with E-state index in [-0.39, 0.29) is 5.56 Å². The maximum absolute atomic E-state index is 12.9. The first-order valence-electron chi connectivity index (χ1n) is 8.43.